The van der Waals surface area contributed by atoms with Gasteiger partial charge in [-0.05, 0) is 29.8 Å². The Kier molecular flexibility index (Phi) is 5.36. The van der Waals surface area contributed by atoms with Crippen LogP contribution in [0.25, 0.3) is 0 Å². The van der Waals surface area contributed by atoms with E-state index in [0.717, 1.165) is 12.0 Å². The molecule has 5 heteroatoms. The van der Waals surface area contributed by atoms with Crippen molar-refractivity contribution in [2.45, 2.75) is 19.4 Å². The second-order valence-electron chi connectivity index (χ2n) is 4.33. The number of rotatable bonds is 4. The topological polar surface area (TPSA) is 55.1 Å². The first-order chi connectivity index (χ1) is 9.70. The molecule has 3 N–H and O–H groups in total. The Labute approximate surface area is 126 Å². The Bertz CT molecular complexity index is 620. The lowest BCUT2D eigenvalue weighted by atomic mass is 10.2. The molecule has 0 fully saturated rings. The van der Waals surface area contributed by atoms with Crippen LogP contribution >= 0.6 is 22.7 Å². The van der Waals surface area contributed by atoms with E-state index in [1.807, 2.05) is 29.8 Å². The molecule has 0 aliphatic rings. The molecule has 3 nitrogen and oxygen atoms in total. The second kappa shape index (κ2) is 7.25. The summed E-state index contributed by atoms with van der Waals surface area (Å²) in [6.45, 7) is 2.31. The van der Waals surface area contributed by atoms with Crippen molar-refractivity contribution in [3.8, 4) is 11.8 Å². The fraction of sp³-hybridized carbons (Fsp3) is 0.267. The maximum Gasteiger partial charge on any atom is 0.262 e. The van der Waals surface area contributed by atoms with E-state index < -0.39 is 0 Å². The van der Waals surface area contributed by atoms with Crippen LogP contribution in [0.5, 0.6) is 0 Å². The van der Waals surface area contributed by atoms with Crippen LogP contribution in [0.4, 0.5) is 0 Å². The van der Waals surface area contributed by atoms with Gasteiger partial charge in [-0.1, -0.05) is 17.9 Å². The van der Waals surface area contributed by atoms with Gasteiger partial charge < -0.3 is 11.1 Å². The van der Waals surface area contributed by atoms with Gasteiger partial charge in [0.05, 0.1) is 6.54 Å². The van der Waals surface area contributed by atoms with Gasteiger partial charge in [0, 0.05) is 22.9 Å². The average molecular weight is 304 g/mol. The summed E-state index contributed by atoms with van der Waals surface area (Å²) in [6.07, 6.45) is 0.846. The summed E-state index contributed by atoms with van der Waals surface area (Å²) in [4.78, 5) is 14.2. The van der Waals surface area contributed by atoms with E-state index >= 15 is 0 Å². The largest absolute Gasteiger partial charge is 0.348 e. The van der Waals surface area contributed by atoms with Gasteiger partial charge in [0.15, 0.2) is 0 Å². The van der Waals surface area contributed by atoms with Crippen molar-refractivity contribution < 1.29 is 4.79 Å². The zero-order chi connectivity index (χ0) is 14.4. The highest BCUT2D eigenvalue weighted by Crippen LogP contribution is 2.16. The van der Waals surface area contributed by atoms with Crippen molar-refractivity contribution in [2.75, 3.05) is 6.54 Å². The summed E-state index contributed by atoms with van der Waals surface area (Å²) in [6, 6.07) is 6.05. The first-order valence-electron chi connectivity index (χ1n) is 6.30. The minimum Gasteiger partial charge on any atom is -0.348 e. The quantitative estimate of drug-likeness (QED) is 0.853. The Hall–Kier alpha value is -1.61. The molecule has 0 bridgehead atoms. The fourth-order valence-electron chi connectivity index (χ4n) is 1.80. The van der Waals surface area contributed by atoms with Gasteiger partial charge in [0.2, 0.25) is 0 Å². The molecule has 1 unspecified atom stereocenters. The molecule has 2 heterocycles. The third-order valence-corrected chi connectivity index (χ3v) is 4.47. The number of amides is 1. The van der Waals surface area contributed by atoms with E-state index in [4.69, 9.17) is 5.73 Å². The highest BCUT2D eigenvalue weighted by Gasteiger charge is 2.14. The van der Waals surface area contributed by atoms with Crippen LogP contribution in [-0.2, 0) is 6.42 Å². The summed E-state index contributed by atoms with van der Waals surface area (Å²) in [7, 11) is 0. The summed E-state index contributed by atoms with van der Waals surface area (Å²) >= 11 is 3.11. The molecular formula is C15H16N2OS2. The zero-order valence-corrected chi connectivity index (χ0v) is 12.8. The highest BCUT2D eigenvalue weighted by molar-refractivity contribution is 7.12. The Morgan fingerprint density at radius 2 is 2.25 bits per heavy atom. The second-order valence-corrected chi connectivity index (χ2v) is 6.28. The lowest BCUT2D eigenvalue weighted by Gasteiger charge is -2.12. The van der Waals surface area contributed by atoms with Gasteiger partial charge in [0.25, 0.3) is 5.91 Å². The minimum absolute atomic E-state index is 0.0645. The van der Waals surface area contributed by atoms with Crippen LogP contribution in [0, 0.1) is 11.8 Å². The number of hydrogen-bond acceptors (Lipinski definition) is 4. The first kappa shape index (κ1) is 14.8. The number of carbonyl (C=O) groups is 1. The van der Waals surface area contributed by atoms with Gasteiger partial charge in [-0.2, -0.15) is 0 Å². The molecule has 0 aliphatic heterocycles. The molecule has 2 aromatic rings. The zero-order valence-electron chi connectivity index (χ0n) is 11.2. The van der Waals surface area contributed by atoms with Crippen LogP contribution in [-0.4, -0.2) is 18.5 Å². The van der Waals surface area contributed by atoms with Gasteiger partial charge in [-0.15, -0.1) is 22.7 Å². The van der Waals surface area contributed by atoms with Crippen molar-refractivity contribution in [3.05, 3.63) is 44.3 Å². The Balaban J connectivity index is 1.99. The van der Waals surface area contributed by atoms with Crippen molar-refractivity contribution in [1.82, 2.24) is 5.32 Å². The molecule has 0 spiro atoms. The van der Waals surface area contributed by atoms with E-state index in [-0.39, 0.29) is 11.9 Å². The number of nitrogens with two attached hydrogens (primary N) is 1. The lowest BCUT2D eigenvalue weighted by Crippen LogP contribution is -2.33. The third-order valence-electron chi connectivity index (χ3n) is 2.66. The van der Waals surface area contributed by atoms with Crippen molar-refractivity contribution in [3.63, 3.8) is 0 Å². The van der Waals surface area contributed by atoms with Crippen LogP contribution in [0.3, 0.4) is 0 Å². The van der Waals surface area contributed by atoms with Gasteiger partial charge in [0.1, 0.15) is 4.88 Å². The van der Waals surface area contributed by atoms with Crippen LogP contribution in [0.15, 0.2) is 29.0 Å². The SMILES string of the molecule is CC(Cc1cccs1)NC(=O)c1sccc1C#CCN. The summed E-state index contributed by atoms with van der Waals surface area (Å²) < 4.78 is 0. The van der Waals surface area contributed by atoms with Crippen molar-refractivity contribution in [1.29, 1.82) is 0 Å². The summed E-state index contributed by atoms with van der Waals surface area (Å²) in [5.41, 5.74) is 6.11. The normalized spacial score (nSPS) is 11.5. The van der Waals surface area contributed by atoms with Crippen LogP contribution in [0.1, 0.15) is 27.0 Å². The predicted octanol–water partition coefficient (Wildman–Crippen LogP) is 2.48. The predicted molar refractivity (Wildman–Crippen MR) is 85.2 cm³/mol. The molecule has 104 valence electrons. The highest BCUT2D eigenvalue weighted by atomic mass is 32.1. The fourth-order valence-corrected chi connectivity index (χ4v) is 3.39. The van der Waals surface area contributed by atoms with E-state index in [0.29, 0.717) is 11.4 Å². The maximum atomic E-state index is 12.2. The average Bonchev–Trinajstić information content (AvgIpc) is 3.06. The summed E-state index contributed by atoms with van der Waals surface area (Å²) in [5.74, 6) is 5.65. The number of nitrogens with one attached hydrogen (secondary N) is 1. The molecule has 0 aliphatic carbocycles. The molecule has 20 heavy (non-hydrogen) atoms. The number of carbonyl (C=O) groups excluding carboxylic acids is 1. The van der Waals surface area contributed by atoms with E-state index in [9.17, 15) is 4.79 Å². The Morgan fingerprint density at radius 3 is 2.95 bits per heavy atom. The molecule has 1 amide bonds. The Morgan fingerprint density at radius 1 is 1.40 bits per heavy atom. The molecule has 0 aromatic carbocycles. The maximum absolute atomic E-state index is 12.2. The molecule has 0 radical (unpaired) electrons. The van der Waals surface area contributed by atoms with E-state index in [1.54, 1.807) is 11.3 Å². The van der Waals surface area contributed by atoms with Crippen LogP contribution in [0.2, 0.25) is 0 Å². The minimum atomic E-state index is -0.0645. The van der Waals surface area contributed by atoms with Crippen molar-refractivity contribution in [2.24, 2.45) is 5.73 Å². The standard InChI is InChI=1S/C15H16N2OS2/c1-11(10-13-5-3-8-19-13)17-15(18)14-12(4-2-7-16)6-9-20-14/h3,5-6,8-9,11H,7,10,16H2,1H3,(H,17,18). The smallest absolute Gasteiger partial charge is 0.262 e. The molecule has 2 rings (SSSR count). The molecule has 0 saturated heterocycles. The molecule has 2 aromatic heterocycles. The lowest BCUT2D eigenvalue weighted by molar-refractivity contribution is 0.0944. The molecular weight excluding hydrogens is 288 g/mol. The van der Waals surface area contributed by atoms with Gasteiger partial charge in [-0.25, -0.2) is 0 Å². The summed E-state index contributed by atoms with van der Waals surface area (Å²) in [5, 5.41) is 6.94. The van der Waals surface area contributed by atoms with Gasteiger partial charge >= 0.3 is 0 Å². The van der Waals surface area contributed by atoms with E-state index in [1.165, 1.54) is 16.2 Å². The third kappa shape index (κ3) is 3.94. The molecule has 1 atom stereocenters. The number of hydrogen-bond donors (Lipinski definition) is 2. The molecule has 0 saturated carbocycles. The van der Waals surface area contributed by atoms with Crippen LogP contribution < -0.4 is 11.1 Å². The number of thiophene rings is 2. The first-order valence-corrected chi connectivity index (χ1v) is 8.06. The monoisotopic (exact) mass is 304 g/mol. The van der Waals surface area contributed by atoms with Crippen molar-refractivity contribution >= 4 is 28.6 Å². The van der Waals surface area contributed by atoms with Gasteiger partial charge in [-0.3, -0.25) is 4.79 Å². The van der Waals surface area contributed by atoms with E-state index in [2.05, 4.69) is 23.2 Å².